The fourth-order valence-corrected chi connectivity index (χ4v) is 5.30. The van der Waals surface area contributed by atoms with Crippen molar-refractivity contribution in [2.75, 3.05) is 13.1 Å². The zero-order chi connectivity index (χ0) is 24.4. The molecule has 6 nitrogen and oxygen atoms in total. The number of hydrogen-bond donors (Lipinski definition) is 1. The lowest BCUT2D eigenvalue weighted by Crippen LogP contribution is -2.29. The quantitative estimate of drug-likeness (QED) is 0.374. The van der Waals surface area contributed by atoms with Crippen molar-refractivity contribution in [3.05, 3.63) is 92.3 Å². The van der Waals surface area contributed by atoms with Crippen molar-refractivity contribution in [1.82, 2.24) is 14.9 Å². The Morgan fingerprint density at radius 1 is 1.09 bits per heavy atom. The molecule has 2 aromatic carbocycles. The summed E-state index contributed by atoms with van der Waals surface area (Å²) in [4.78, 5) is 37.5. The topological polar surface area (TPSA) is 75.3 Å². The Hall–Kier alpha value is -3.71. The van der Waals surface area contributed by atoms with E-state index in [4.69, 9.17) is 9.72 Å². The second kappa shape index (κ2) is 9.88. The molecule has 3 heterocycles. The van der Waals surface area contributed by atoms with Crippen molar-refractivity contribution in [2.24, 2.45) is 0 Å². The van der Waals surface area contributed by atoms with E-state index in [2.05, 4.69) is 4.98 Å². The van der Waals surface area contributed by atoms with Crippen LogP contribution in [0.3, 0.4) is 0 Å². The summed E-state index contributed by atoms with van der Waals surface area (Å²) < 4.78 is 5.89. The molecule has 4 aromatic rings. The van der Waals surface area contributed by atoms with Crippen LogP contribution in [-0.4, -0.2) is 33.9 Å². The third-order valence-corrected chi connectivity index (χ3v) is 7.46. The number of H-pyrrole nitrogens is 1. The van der Waals surface area contributed by atoms with Gasteiger partial charge in [-0.25, -0.2) is 4.98 Å². The van der Waals surface area contributed by atoms with Crippen LogP contribution in [0.1, 0.15) is 40.2 Å². The van der Waals surface area contributed by atoms with Gasteiger partial charge >= 0.3 is 0 Å². The van der Waals surface area contributed by atoms with Crippen molar-refractivity contribution in [3.8, 4) is 5.75 Å². The van der Waals surface area contributed by atoms with Gasteiger partial charge in [0.25, 0.3) is 11.5 Å². The molecule has 2 aromatic heterocycles. The van der Waals surface area contributed by atoms with Crippen LogP contribution in [0.4, 0.5) is 0 Å². The van der Waals surface area contributed by atoms with Crippen LogP contribution in [0.5, 0.6) is 5.75 Å². The first-order chi connectivity index (χ1) is 17.0. The zero-order valence-corrected chi connectivity index (χ0v) is 20.7. The minimum Gasteiger partial charge on any atom is -0.489 e. The van der Waals surface area contributed by atoms with Gasteiger partial charge in [-0.05, 0) is 61.6 Å². The molecule has 1 aliphatic rings. The van der Waals surface area contributed by atoms with Crippen molar-refractivity contribution >= 4 is 39.1 Å². The normalized spacial score (nSPS) is 14.0. The number of likely N-dealkylation sites (tertiary alicyclic amines) is 1. The van der Waals surface area contributed by atoms with E-state index in [1.54, 1.807) is 6.08 Å². The van der Waals surface area contributed by atoms with Gasteiger partial charge in [-0.3, -0.25) is 9.59 Å². The lowest BCUT2D eigenvalue weighted by atomic mass is 10.1. The number of hydrogen-bond acceptors (Lipinski definition) is 5. The molecule has 7 heteroatoms. The number of carbonyl (C=O) groups excluding carboxylic acids is 1. The highest BCUT2D eigenvalue weighted by atomic mass is 32.1. The fourth-order valence-electron chi connectivity index (χ4n) is 4.27. The van der Waals surface area contributed by atoms with Crippen LogP contribution in [0.25, 0.3) is 21.9 Å². The molecule has 1 saturated heterocycles. The van der Waals surface area contributed by atoms with Crippen molar-refractivity contribution in [1.29, 1.82) is 0 Å². The van der Waals surface area contributed by atoms with Gasteiger partial charge in [-0.15, -0.1) is 11.3 Å². The molecule has 35 heavy (non-hydrogen) atoms. The molecule has 1 fully saturated rings. The van der Waals surface area contributed by atoms with Crippen molar-refractivity contribution < 1.29 is 9.53 Å². The van der Waals surface area contributed by atoms with Crippen molar-refractivity contribution in [2.45, 2.75) is 33.3 Å². The van der Waals surface area contributed by atoms with E-state index < -0.39 is 0 Å². The molecule has 0 atom stereocenters. The number of thiophene rings is 1. The summed E-state index contributed by atoms with van der Waals surface area (Å²) in [5.41, 5.74) is 3.05. The number of nitrogens with zero attached hydrogens (tertiary/aromatic N) is 2. The van der Waals surface area contributed by atoms with E-state index in [-0.39, 0.29) is 11.5 Å². The predicted molar refractivity (Wildman–Crippen MR) is 141 cm³/mol. The highest BCUT2D eigenvalue weighted by Gasteiger charge is 2.25. The molecular weight excluding hydrogens is 458 g/mol. The van der Waals surface area contributed by atoms with E-state index in [0.717, 1.165) is 40.2 Å². The van der Waals surface area contributed by atoms with Crippen LogP contribution in [0, 0.1) is 13.8 Å². The number of aryl methyl sites for hydroxylation is 2. The zero-order valence-electron chi connectivity index (χ0n) is 19.8. The van der Waals surface area contributed by atoms with Gasteiger partial charge in [-0.2, -0.15) is 0 Å². The molecule has 1 N–H and O–H groups in total. The smallest absolute Gasteiger partial charge is 0.260 e. The van der Waals surface area contributed by atoms with E-state index >= 15 is 0 Å². The number of benzene rings is 2. The average molecular weight is 486 g/mol. The number of nitrogens with one attached hydrogen (secondary N) is 1. The van der Waals surface area contributed by atoms with Crippen LogP contribution >= 0.6 is 11.3 Å². The maximum atomic E-state index is 13.5. The highest BCUT2D eigenvalue weighted by molar-refractivity contribution is 7.18. The number of ether oxygens (including phenoxy) is 1. The van der Waals surface area contributed by atoms with Crippen LogP contribution in [0.15, 0.2) is 59.4 Å². The summed E-state index contributed by atoms with van der Waals surface area (Å²) >= 11 is 1.48. The molecule has 0 unspecified atom stereocenters. The number of aromatic nitrogens is 2. The average Bonchev–Trinajstić information content (AvgIpc) is 3.51. The Balaban J connectivity index is 1.47. The monoisotopic (exact) mass is 485 g/mol. The van der Waals surface area contributed by atoms with E-state index in [1.807, 2.05) is 73.3 Å². The van der Waals surface area contributed by atoms with Crippen LogP contribution in [0.2, 0.25) is 0 Å². The number of amides is 1. The fraction of sp³-hybridized carbons (Fsp3) is 0.250. The summed E-state index contributed by atoms with van der Waals surface area (Å²) in [6.45, 7) is 5.82. The Kier molecular flexibility index (Phi) is 6.51. The van der Waals surface area contributed by atoms with Gasteiger partial charge < -0.3 is 14.6 Å². The summed E-state index contributed by atoms with van der Waals surface area (Å²) in [7, 11) is 0. The van der Waals surface area contributed by atoms with Crippen molar-refractivity contribution in [3.63, 3.8) is 0 Å². The lowest BCUT2D eigenvalue weighted by molar-refractivity contribution is -0.123. The summed E-state index contributed by atoms with van der Waals surface area (Å²) in [6, 6.07) is 17.6. The van der Waals surface area contributed by atoms with E-state index in [0.29, 0.717) is 41.3 Å². The Morgan fingerprint density at radius 3 is 2.51 bits per heavy atom. The standard InChI is InChI=1S/C28H27N3O3S/c1-18-19(2)35-27-24(18)26(32)29-25(30-27)23(28(33)31-14-6-7-15-31)16-20-10-12-22(13-11-20)34-17-21-8-4-3-5-9-21/h3-5,8-13,16H,6-7,14-15,17H2,1-2H3,(H,29,30,32)/b23-16+. The minimum atomic E-state index is -0.211. The number of aromatic amines is 1. The maximum Gasteiger partial charge on any atom is 0.260 e. The Bertz CT molecular complexity index is 1450. The first kappa shape index (κ1) is 23.1. The highest BCUT2D eigenvalue weighted by Crippen LogP contribution is 2.28. The molecule has 178 valence electrons. The van der Waals surface area contributed by atoms with Gasteiger partial charge in [0, 0.05) is 18.0 Å². The molecule has 0 aliphatic carbocycles. The van der Waals surface area contributed by atoms with E-state index in [1.165, 1.54) is 11.3 Å². The third kappa shape index (κ3) is 4.91. The second-order valence-electron chi connectivity index (χ2n) is 8.78. The molecule has 0 radical (unpaired) electrons. The number of fused-ring (bicyclic) bond motifs is 1. The molecular formula is C28H27N3O3S. The number of rotatable bonds is 6. The lowest BCUT2D eigenvalue weighted by Gasteiger charge is -2.17. The van der Waals surface area contributed by atoms with Crippen LogP contribution < -0.4 is 10.3 Å². The molecule has 1 aliphatic heterocycles. The van der Waals surface area contributed by atoms with E-state index in [9.17, 15) is 9.59 Å². The van der Waals surface area contributed by atoms with Gasteiger partial charge in [0.05, 0.1) is 11.0 Å². The number of carbonyl (C=O) groups is 1. The minimum absolute atomic E-state index is 0.112. The third-order valence-electron chi connectivity index (χ3n) is 6.36. The molecule has 0 spiro atoms. The molecule has 5 rings (SSSR count). The van der Waals surface area contributed by atoms with Gasteiger partial charge in [0.2, 0.25) is 0 Å². The first-order valence-corrected chi connectivity index (χ1v) is 12.6. The molecule has 1 amide bonds. The Labute approximate surface area is 207 Å². The van der Waals surface area contributed by atoms with Gasteiger partial charge in [-0.1, -0.05) is 42.5 Å². The Morgan fingerprint density at radius 2 is 1.80 bits per heavy atom. The molecule has 0 bridgehead atoms. The summed E-state index contributed by atoms with van der Waals surface area (Å²) in [6.07, 6.45) is 3.77. The summed E-state index contributed by atoms with van der Waals surface area (Å²) in [5.74, 6) is 0.945. The SMILES string of the molecule is Cc1sc2nc(/C(=C\c3ccc(OCc4ccccc4)cc3)C(=O)N3CCCC3)[nH]c(=O)c2c1C. The largest absolute Gasteiger partial charge is 0.489 e. The van der Waals surface area contributed by atoms with Gasteiger partial charge in [0.15, 0.2) is 0 Å². The predicted octanol–water partition coefficient (Wildman–Crippen LogP) is 5.34. The van der Waals surface area contributed by atoms with Crippen LogP contribution in [-0.2, 0) is 11.4 Å². The maximum absolute atomic E-state index is 13.5. The van der Waals surface area contributed by atoms with Gasteiger partial charge in [0.1, 0.15) is 23.0 Å². The molecule has 0 saturated carbocycles. The summed E-state index contributed by atoms with van der Waals surface area (Å²) in [5, 5.41) is 0.601. The first-order valence-electron chi connectivity index (χ1n) is 11.8. The second-order valence-corrected chi connectivity index (χ2v) is 9.98.